The fourth-order valence-corrected chi connectivity index (χ4v) is 2.52. The van der Waals surface area contributed by atoms with Gasteiger partial charge in [-0.15, -0.1) is 0 Å². The lowest BCUT2D eigenvalue weighted by Crippen LogP contribution is -2.44. The molecule has 0 saturated heterocycles. The molecule has 144 valence electrons. The third-order valence-corrected chi connectivity index (χ3v) is 3.97. The van der Waals surface area contributed by atoms with Crippen LogP contribution in [0.5, 0.6) is 0 Å². The summed E-state index contributed by atoms with van der Waals surface area (Å²) in [5.41, 5.74) is 0.102. The predicted molar refractivity (Wildman–Crippen MR) is 97.7 cm³/mol. The Bertz CT molecular complexity index is 982. The largest absolute Gasteiger partial charge is 0.467 e. The van der Waals surface area contributed by atoms with Crippen molar-refractivity contribution in [2.45, 2.75) is 19.5 Å². The quantitative estimate of drug-likeness (QED) is 0.472. The van der Waals surface area contributed by atoms with Crippen molar-refractivity contribution in [3.63, 3.8) is 0 Å². The van der Waals surface area contributed by atoms with Crippen LogP contribution in [-0.4, -0.2) is 32.3 Å². The van der Waals surface area contributed by atoms with Gasteiger partial charge >= 0.3 is 0 Å². The molecule has 28 heavy (non-hydrogen) atoms. The van der Waals surface area contributed by atoms with Crippen molar-refractivity contribution in [2.24, 2.45) is 0 Å². The summed E-state index contributed by atoms with van der Waals surface area (Å²) in [4.78, 5) is 39.2. The highest BCUT2D eigenvalue weighted by Gasteiger charge is 2.21. The molecular formula is C18H17N5O5. The Kier molecular flexibility index (Phi) is 5.49. The molecule has 2 heterocycles. The van der Waals surface area contributed by atoms with E-state index in [1.165, 1.54) is 42.4 Å². The zero-order valence-corrected chi connectivity index (χ0v) is 14.9. The van der Waals surface area contributed by atoms with Crippen molar-refractivity contribution in [3.8, 4) is 5.69 Å². The molecule has 3 rings (SSSR count). The molecule has 0 fully saturated rings. The van der Waals surface area contributed by atoms with Crippen LogP contribution < -0.4 is 10.6 Å². The number of hydrogen-bond acceptors (Lipinski definition) is 6. The molecule has 1 unspecified atom stereocenters. The van der Waals surface area contributed by atoms with Gasteiger partial charge in [0, 0.05) is 24.0 Å². The zero-order valence-electron chi connectivity index (χ0n) is 14.9. The number of rotatable bonds is 7. The van der Waals surface area contributed by atoms with Gasteiger partial charge in [-0.25, -0.2) is 4.98 Å². The van der Waals surface area contributed by atoms with Crippen molar-refractivity contribution in [2.75, 3.05) is 0 Å². The van der Waals surface area contributed by atoms with E-state index in [4.69, 9.17) is 4.42 Å². The monoisotopic (exact) mass is 383 g/mol. The van der Waals surface area contributed by atoms with Gasteiger partial charge in [0.15, 0.2) is 0 Å². The number of nitro groups is 1. The van der Waals surface area contributed by atoms with Crippen molar-refractivity contribution < 1.29 is 18.9 Å². The first-order valence-electron chi connectivity index (χ1n) is 8.33. The summed E-state index contributed by atoms with van der Waals surface area (Å²) in [6.07, 6.45) is 5.97. The Balaban J connectivity index is 1.68. The fraction of sp³-hybridized carbons (Fsp3) is 0.167. The molecule has 0 bridgehead atoms. The lowest BCUT2D eigenvalue weighted by molar-refractivity contribution is -0.384. The SMILES string of the molecule is CC(NC(=O)c1ccc(-n2ccnc2)c([N+](=O)[O-])c1)C(=O)NCc1ccco1. The van der Waals surface area contributed by atoms with Gasteiger partial charge in [0.05, 0.1) is 24.1 Å². The standard InChI is InChI=1S/C18H17N5O5/c1-12(17(24)20-10-14-3-2-8-28-14)21-18(25)13-4-5-15(16(9-13)23(26)27)22-7-6-19-11-22/h2-9,11-12H,10H2,1H3,(H,20,24)(H,21,25). The maximum absolute atomic E-state index is 12.4. The first-order chi connectivity index (χ1) is 13.5. The van der Waals surface area contributed by atoms with E-state index in [1.807, 2.05) is 0 Å². The minimum atomic E-state index is -0.838. The van der Waals surface area contributed by atoms with Crippen molar-refractivity contribution in [1.29, 1.82) is 0 Å². The van der Waals surface area contributed by atoms with Crippen LogP contribution >= 0.6 is 0 Å². The highest BCUT2D eigenvalue weighted by atomic mass is 16.6. The number of imidazole rings is 1. The van der Waals surface area contributed by atoms with Gasteiger partial charge in [0.2, 0.25) is 5.91 Å². The molecule has 1 aromatic carbocycles. The lowest BCUT2D eigenvalue weighted by Gasteiger charge is -2.14. The van der Waals surface area contributed by atoms with E-state index in [-0.39, 0.29) is 23.5 Å². The van der Waals surface area contributed by atoms with Gasteiger partial charge in [0.1, 0.15) is 17.5 Å². The molecule has 0 aliphatic heterocycles. The first-order valence-corrected chi connectivity index (χ1v) is 8.33. The third-order valence-electron chi connectivity index (χ3n) is 3.97. The van der Waals surface area contributed by atoms with Crippen molar-refractivity contribution in [3.05, 3.63) is 76.8 Å². The zero-order chi connectivity index (χ0) is 20.1. The number of hydrogen-bond donors (Lipinski definition) is 2. The Hall–Kier alpha value is -3.95. The summed E-state index contributed by atoms with van der Waals surface area (Å²) in [6.45, 7) is 1.71. The van der Waals surface area contributed by atoms with E-state index < -0.39 is 22.8 Å². The Morgan fingerprint density at radius 3 is 2.82 bits per heavy atom. The molecule has 0 saturated carbocycles. The number of aromatic nitrogens is 2. The van der Waals surface area contributed by atoms with Gasteiger partial charge in [-0.05, 0) is 31.2 Å². The molecule has 2 aromatic heterocycles. The average molecular weight is 383 g/mol. The van der Waals surface area contributed by atoms with Crippen LogP contribution in [0.1, 0.15) is 23.0 Å². The van der Waals surface area contributed by atoms with E-state index in [1.54, 1.807) is 18.3 Å². The lowest BCUT2D eigenvalue weighted by atomic mass is 10.1. The molecule has 1 atom stereocenters. The summed E-state index contributed by atoms with van der Waals surface area (Å²) in [5.74, 6) is -0.423. The molecule has 0 radical (unpaired) electrons. The number of carbonyl (C=O) groups is 2. The number of nitrogens with one attached hydrogen (secondary N) is 2. The van der Waals surface area contributed by atoms with Crippen LogP contribution in [0.25, 0.3) is 5.69 Å². The molecule has 2 N–H and O–H groups in total. The second-order valence-corrected chi connectivity index (χ2v) is 5.92. The number of furan rings is 1. The van der Waals surface area contributed by atoms with Gasteiger partial charge < -0.3 is 19.6 Å². The van der Waals surface area contributed by atoms with Crippen LogP contribution in [0.4, 0.5) is 5.69 Å². The van der Waals surface area contributed by atoms with Crippen molar-refractivity contribution in [1.82, 2.24) is 20.2 Å². The molecule has 10 nitrogen and oxygen atoms in total. The molecule has 0 spiro atoms. The van der Waals surface area contributed by atoms with E-state index in [2.05, 4.69) is 15.6 Å². The van der Waals surface area contributed by atoms with Crippen molar-refractivity contribution >= 4 is 17.5 Å². The molecular weight excluding hydrogens is 366 g/mol. The highest BCUT2D eigenvalue weighted by Crippen LogP contribution is 2.24. The van der Waals surface area contributed by atoms with Gasteiger partial charge in [-0.1, -0.05) is 0 Å². The number of nitrogens with zero attached hydrogens (tertiary/aromatic N) is 3. The van der Waals surface area contributed by atoms with Crippen LogP contribution in [0.3, 0.4) is 0 Å². The topological polar surface area (TPSA) is 132 Å². The van der Waals surface area contributed by atoms with E-state index in [9.17, 15) is 19.7 Å². The fourth-order valence-electron chi connectivity index (χ4n) is 2.52. The van der Waals surface area contributed by atoms with Crippen LogP contribution in [0.2, 0.25) is 0 Å². The minimum Gasteiger partial charge on any atom is -0.467 e. The van der Waals surface area contributed by atoms with Gasteiger partial charge in [-0.3, -0.25) is 19.7 Å². The summed E-state index contributed by atoms with van der Waals surface area (Å²) in [5, 5.41) is 16.5. The number of benzene rings is 1. The Labute approximate surface area is 159 Å². The number of amides is 2. The summed E-state index contributed by atoms with van der Waals surface area (Å²) in [7, 11) is 0. The number of carbonyl (C=O) groups excluding carboxylic acids is 2. The first kappa shape index (κ1) is 18.8. The second kappa shape index (κ2) is 8.16. The Morgan fingerprint density at radius 2 is 2.18 bits per heavy atom. The van der Waals surface area contributed by atoms with Gasteiger partial charge in [0.25, 0.3) is 11.6 Å². The normalized spacial score (nSPS) is 11.6. The summed E-state index contributed by atoms with van der Waals surface area (Å²) >= 11 is 0. The highest BCUT2D eigenvalue weighted by molar-refractivity contribution is 5.98. The van der Waals surface area contributed by atoms with E-state index in [0.717, 1.165) is 6.07 Å². The smallest absolute Gasteiger partial charge is 0.294 e. The minimum absolute atomic E-state index is 0.0706. The molecule has 2 amide bonds. The van der Waals surface area contributed by atoms with E-state index >= 15 is 0 Å². The average Bonchev–Trinajstić information content (AvgIpc) is 3.39. The van der Waals surface area contributed by atoms with Crippen LogP contribution in [-0.2, 0) is 11.3 Å². The predicted octanol–water partition coefficient (Wildman–Crippen LogP) is 1.81. The Morgan fingerprint density at radius 1 is 1.36 bits per heavy atom. The molecule has 10 heteroatoms. The maximum atomic E-state index is 12.4. The summed E-state index contributed by atoms with van der Waals surface area (Å²) in [6, 6.07) is 6.65. The third kappa shape index (κ3) is 4.23. The second-order valence-electron chi connectivity index (χ2n) is 5.92. The van der Waals surface area contributed by atoms with Crippen LogP contribution in [0, 0.1) is 10.1 Å². The molecule has 0 aliphatic carbocycles. The number of nitro benzene ring substituents is 1. The summed E-state index contributed by atoms with van der Waals surface area (Å²) < 4.78 is 6.60. The molecule has 3 aromatic rings. The van der Waals surface area contributed by atoms with Crippen LogP contribution in [0.15, 0.2) is 59.7 Å². The van der Waals surface area contributed by atoms with Gasteiger partial charge in [-0.2, -0.15) is 0 Å². The maximum Gasteiger partial charge on any atom is 0.294 e. The molecule has 0 aliphatic rings. The van der Waals surface area contributed by atoms with E-state index in [0.29, 0.717) is 5.76 Å².